The quantitative estimate of drug-likeness (QED) is 0.390. The highest BCUT2D eigenvalue weighted by Crippen LogP contribution is 2.28. The van der Waals surface area contributed by atoms with Crippen molar-refractivity contribution in [1.29, 1.82) is 0 Å². The van der Waals surface area contributed by atoms with Crippen LogP contribution in [-0.2, 0) is 22.4 Å². The van der Waals surface area contributed by atoms with Crippen LogP contribution in [0, 0.1) is 25.7 Å². The number of carbonyl (C=O) groups is 3. The molecule has 3 saturated heterocycles. The number of phenolic OH excluding ortho intramolecular Hbond substituents is 1. The number of para-hydroxylation sites is 1. The fourth-order valence-corrected chi connectivity index (χ4v) is 8.15. The van der Waals surface area contributed by atoms with E-state index in [2.05, 4.69) is 28.1 Å². The number of carbonyl (C=O) groups excluding carboxylic acids is 3. The monoisotopic (exact) mass is 675 g/mol. The number of aromatic hydroxyl groups is 1. The molecule has 6 rings (SSSR count). The molecule has 0 bridgehead atoms. The molecule has 0 saturated carbocycles. The number of phenols is 1. The molecule has 0 aromatic heterocycles. The predicted octanol–water partition coefficient (Wildman–Crippen LogP) is 6.22. The summed E-state index contributed by atoms with van der Waals surface area (Å²) in [6.07, 6.45) is 7.80. The van der Waals surface area contributed by atoms with Gasteiger partial charge in [0.25, 0.3) is 0 Å². The molecule has 4 aliphatic heterocycles. The van der Waals surface area contributed by atoms with E-state index in [0.29, 0.717) is 31.4 Å². The molecule has 10 nitrogen and oxygen atoms in total. The van der Waals surface area contributed by atoms with Crippen molar-refractivity contribution in [3.05, 3.63) is 58.7 Å². The standard InChI is InChI=1S/C23H36N2O2.C16H21N3O3/c1-16-6-5-9-25(15-16)21-7-10-24(11-8-21)23(27)19(4)14-20-12-17(2)22(26)18(3)13-20;1-22-16(21)18-9-7-13(8-10-18)19-11-6-12-4-2-3-5-14(12)17-15(19)20/h12-13,16,19,21,26H,5-11,14-15H2,1-4H3;2-5,13H,6-11H2,1H3,(H,17,20)/t16-,19-;/m1./s1. The number of urea groups is 1. The van der Waals surface area contributed by atoms with Crippen LogP contribution >= 0.6 is 0 Å². The number of anilines is 1. The van der Waals surface area contributed by atoms with E-state index in [9.17, 15) is 19.5 Å². The van der Waals surface area contributed by atoms with E-state index in [1.54, 1.807) is 4.90 Å². The summed E-state index contributed by atoms with van der Waals surface area (Å²) < 4.78 is 4.75. The third kappa shape index (κ3) is 9.26. The van der Waals surface area contributed by atoms with Gasteiger partial charge in [-0.3, -0.25) is 9.69 Å². The first-order valence-electron chi connectivity index (χ1n) is 18.3. The summed E-state index contributed by atoms with van der Waals surface area (Å²) in [5.41, 5.74) is 5.00. The molecule has 4 heterocycles. The Labute approximate surface area is 292 Å². The van der Waals surface area contributed by atoms with Crippen molar-refractivity contribution in [2.75, 3.05) is 58.2 Å². The molecule has 0 spiro atoms. The molecule has 2 N–H and O–H groups in total. The minimum atomic E-state index is -0.286. The molecule has 0 aliphatic carbocycles. The molecule has 10 heteroatoms. The van der Waals surface area contributed by atoms with Gasteiger partial charge in [-0.2, -0.15) is 0 Å². The van der Waals surface area contributed by atoms with Crippen LogP contribution < -0.4 is 5.32 Å². The predicted molar refractivity (Wildman–Crippen MR) is 193 cm³/mol. The van der Waals surface area contributed by atoms with Crippen LogP contribution in [0.4, 0.5) is 15.3 Å². The van der Waals surface area contributed by atoms with Gasteiger partial charge in [-0.25, -0.2) is 9.59 Å². The number of nitrogens with one attached hydrogen (secondary N) is 1. The smallest absolute Gasteiger partial charge is 0.409 e. The van der Waals surface area contributed by atoms with Crippen molar-refractivity contribution in [1.82, 2.24) is 19.6 Å². The number of nitrogens with zero attached hydrogens (tertiary/aromatic N) is 4. The number of ether oxygens (including phenoxy) is 1. The van der Waals surface area contributed by atoms with Gasteiger partial charge in [0.2, 0.25) is 5.91 Å². The maximum absolute atomic E-state index is 12.9. The van der Waals surface area contributed by atoms with Crippen molar-refractivity contribution >= 4 is 23.7 Å². The molecule has 4 aliphatic rings. The fraction of sp³-hybridized carbons (Fsp3) is 0.615. The first kappa shape index (κ1) is 36.5. The Kier molecular flexibility index (Phi) is 12.5. The lowest BCUT2D eigenvalue weighted by Gasteiger charge is -2.42. The second-order valence-corrected chi connectivity index (χ2v) is 14.7. The van der Waals surface area contributed by atoms with E-state index in [-0.39, 0.29) is 30.0 Å². The van der Waals surface area contributed by atoms with E-state index in [4.69, 9.17) is 4.74 Å². The van der Waals surface area contributed by atoms with Gasteiger partial charge in [0.05, 0.1) is 7.11 Å². The number of amides is 4. The fourth-order valence-electron chi connectivity index (χ4n) is 8.15. The molecule has 4 amide bonds. The van der Waals surface area contributed by atoms with Crippen LogP contribution in [0.2, 0.25) is 0 Å². The van der Waals surface area contributed by atoms with E-state index in [1.807, 2.05) is 56.0 Å². The Bertz CT molecular complexity index is 1430. The number of likely N-dealkylation sites (tertiary alicyclic amines) is 3. The van der Waals surface area contributed by atoms with Crippen LogP contribution in [0.5, 0.6) is 5.75 Å². The Hall–Kier alpha value is -3.79. The summed E-state index contributed by atoms with van der Waals surface area (Å²) in [6, 6.07) is 12.7. The third-order valence-corrected chi connectivity index (χ3v) is 11.0. The highest BCUT2D eigenvalue weighted by atomic mass is 16.5. The summed E-state index contributed by atoms with van der Waals surface area (Å²) in [4.78, 5) is 45.3. The number of hydrogen-bond donors (Lipinski definition) is 2. The van der Waals surface area contributed by atoms with Gasteiger partial charge in [0.1, 0.15) is 5.75 Å². The second kappa shape index (κ2) is 16.7. The van der Waals surface area contributed by atoms with Crippen LogP contribution in [0.15, 0.2) is 36.4 Å². The Morgan fingerprint density at radius 2 is 1.55 bits per heavy atom. The normalized spacial score (nSPS) is 21.5. The van der Waals surface area contributed by atoms with Crippen molar-refractivity contribution in [2.45, 2.75) is 91.1 Å². The molecular formula is C39H57N5O5. The molecule has 2 atom stereocenters. The van der Waals surface area contributed by atoms with Gasteiger partial charge >= 0.3 is 12.1 Å². The van der Waals surface area contributed by atoms with Crippen molar-refractivity contribution in [2.24, 2.45) is 11.8 Å². The zero-order chi connectivity index (χ0) is 35.1. The molecule has 2 aromatic carbocycles. The number of benzene rings is 2. The molecule has 268 valence electrons. The number of hydrogen-bond acceptors (Lipinski definition) is 6. The van der Waals surface area contributed by atoms with Gasteiger partial charge in [-0.15, -0.1) is 0 Å². The third-order valence-electron chi connectivity index (χ3n) is 11.0. The summed E-state index contributed by atoms with van der Waals surface area (Å²) in [5, 5.41) is 12.9. The average Bonchev–Trinajstić information content (AvgIpc) is 3.28. The maximum Gasteiger partial charge on any atom is 0.409 e. The molecular weight excluding hydrogens is 618 g/mol. The minimum Gasteiger partial charge on any atom is -0.507 e. The first-order chi connectivity index (χ1) is 23.5. The molecule has 0 radical (unpaired) electrons. The number of methoxy groups -OCH3 is 1. The summed E-state index contributed by atoms with van der Waals surface area (Å²) in [7, 11) is 1.40. The summed E-state index contributed by atoms with van der Waals surface area (Å²) in [5.74, 6) is 1.45. The van der Waals surface area contributed by atoms with Crippen LogP contribution in [0.25, 0.3) is 0 Å². The minimum absolute atomic E-state index is 0.0140. The number of aryl methyl sites for hydroxylation is 2. The van der Waals surface area contributed by atoms with E-state index < -0.39 is 0 Å². The Morgan fingerprint density at radius 3 is 2.20 bits per heavy atom. The van der Waals surface area contributed by atoms with Crippen LogP contribution in [-0.4, -0.2) is 108 Å². The average molecular weight is 676 g/mol. The van der Waals surface area contributed by atoms with E-state index in [1.165, 1.54) is 38.6 Å². The van der Waals surface area contributed by atoms with Crippen molar-refractivity contribution in [3.63, 3.8) is 0 Å². The highest BCUT2D eigenvalue weighted by Gasteiger charge is 2.32. The van der Waals surface area contributed by atoms with Gasteiger partial charge < -0.3 is 29.9 Å². The molecule has 2 aromatic rings. The van der Waals surface area contributed by atoms with Gasteiger partial charge in [-0.05, 0) is 106 Å². The largest absolute Gasteiger partial charge is 0.507 e. The molecule has 49 heavy (non-hydrogen) atoms. The Morgan fingerprint density at radius 1 is 0.918 bits per heavy atom. The zero-order valence-corrected chi connectivity index (χ0v) is 30.2. The van der Waals surface area contributed by atoms with Crippen molar-refractivity contribution in [3.8, 4) is 5.75 Å². The summed E-state index contributed by atoms with van der Waals surface area (Å²) in [6.45, 7) is 14.5. The maximum atomic E-state index is 12.9. The Balaban J connectivity index is 0.000000195. The van der Waals surface area contributed by atoms with Gasteiger partial charge in [-0.1, -0.05) is 44.2 Å². The SMILES string of the molecule is COC(=O)N1CCC(N2CCc3ccccc3NC2=O)CC1.Cc1cc(C[C@@H](C)C(=O)N2CCC(N3CCC[C@@H](C)C3)CC2)cc(C)c1O. The van der Waals surface area contributed by atoms with Gasteiger partial charge in [0.15, 0.2) is 0 Å². The van der Waals surface area contributed by atoms with E-state index in [0.717, 1.165) is 79.9 Å². The highest BCUT2D eigenvalue weighted by molar-refractivity contribution is 5.91. The molecule has 3 fully saturated rings. The van der Waals surface area contributed by atoms with Crippen LogP contribution in [0.1, 0.15) is 74.6 Å². The van der Waals surface area contributed by atoms with Gasteiger partial charge in [0, 0.05) is 63.0 Å². The lowest BCUT2D eigenvalue weighted by molar-refractivity contribution is -0.136. The van der Waals surface area contributed by atoms with E-state index >= 15 is 0 Å². The number of rotatable bonds is 5. The second-order valence-electron chi connectivity index (χ2n) is 14.7. The number of piperidine rings is 3. The first-order valence-corrected chi connectivity index (χ1v) is 18.3. The molecule has 0 unspecified atom stereocenters. The lowest BCUT2D eigenvalue weighted by Crippen LogP contribution is -2.50. The van der Waals surface area contributed by atoms with Crippen molar-refractivity contribution < 1.29 is 24.2 Å². The topological polar surface area (TPSA) is 106 Å². The lowest BCUT2D eigenvalue weighted by atomic mass is 9.93. The summed E-state index contributed by atoms with van der Waals surface area (Å²) >= 11 is 0. The zero-order valence-electron chi connectivity index (χ0n) is 30.2. The van der Waals surface area contributed by atoms with Crippen LogP contribution in [0.3, 0.4) is 0 Å². The number of fused-ring (bicyclic) bond motifs is 1.